The van der Waals surface area contributed by atoms with E-state index in [4.69, 9.17) is 4.74 Å². The minimum absolute atomic E-state index is 0.0219. The normalized spacial score (nSPS) is 14.5. The molecule has 0 heterocycles. The molecule has 2 aromatic carbocycles. The van der Waals surface area contributed by atoms with Crippen LogP contribution in [-0.2, 0) is 19.4 Å². The number of hydrogen-bond donors (Lipinski definition) is 2. The molecule has 0 radical (unpaired) electrons. The molecule has 0 saturated heterocycles. The third-order valence-corrected chi connectivity index (χ3v) is 4.46. The van der Waals surface area contributed by atoms with Gasteiger partial charge in [0.2, 0.25) is 0 Å². The highest BCUT2D eigenvalue weighted by Crippen LogP contribution is 2.28. The molecular weight excluding hydrogens is 274 g/mol. The zero-order valence-electron chi connectivity index (χ0n) is 13.2. The summed E-state index contributed by atoms with van der Waals surface area (Å²) in [5.41, 5.74) is 6.11. The minimum Gasteiger partial charge on any atom is -0.496 e. The number of aliphatic hydroxyl groups is 1. The first kappa shape index (κ1) is 14.9. The van der Waals surface area contributed by atoms with Crippen molar-refractivity contribution in [1.82, 2.24) is 0 Å². The zero-order chi connectivity index (χ0) is 15.5. The number of aliphatic hydroxyl groups excluding tert-OH is 1. The summed E-state index contributed by atoms with van der Waals surface area (Å²) in [5.74, 6) is 0.721. The fourth-order valence-corrected chi connectivity index (χ4v) is 3.19. The van der Waals surface area contributed by atoms with Gasteiger partial charge in [0, 0.05) is 17.3 Å². The Labute approximate surface area is 131 Å². The van der Waals surface area contributed by atoms with E-state index in [0.29, 0.717) is 0 Å². The number of methoxy groups -OCH3 is 1. The Balaban J connectivity index is 1.77. The Bertz CT molecular complexity index is 666. The summed E-state index contributed by atoms with van der Waals surface area (Å²) < 4.78 is 5.24. The van der Waals surface area contributed by atoms with E-state index in [0.717, 1.165) is 17.0 Å². The van der Waals surface area contributed by atoms with E-state index in [2.05, 4.69) is 30.4 Å². The van der Waals surface area contributed by atoms with Crippen LogP contribution in [0, 0.1) is 0 Å². The van der Waals surface area contributed by atoms with Crippen molar-refractivity contribution in [3.8, 4) is 5.75 Å². The van der Waals surface area contributed by atoms with Crippen molar-refractivity contribution < 1.29 is 9.84 Å². The Morgan fingerprint density at radius 2 is 1.95 bits per heavy atom. The lowest BCUT2D eigenvalue weighted by molar-refractivity contribution is 0.274. The summed E-state index contributed by atoms with van der Waals surface area (Å²) in [4.78, 5) is 0. The standard InChI is InChI=1S/C19H23NO2/c1-13(15-7-6-14-4-3-5-16(14)10-15)20-18-8-9-19(22-2)17(11-18)12-21/h6-11,13,20-21H,3-5,12H2,1-2H3. The maximum atomic E-state index is 9.42. The van der Waals surface area contributed by atoms with Gasteiger partial charge in [-0.3, -0.25) is 0 Å². The number of fused-ring (bicyclic) bond motifs is 1. The monoisotopic (exact) mass is 297 g/mol. The molecule has 1 unspecified atom stereocenters. The Morgan fingerprint density at radius 3 is 2.73 bits per heavy atom. The number of rotatable bonds is 5. The van der Waals surface area contributed by atoms with Crippen molar-refractivity contribution in [3.05, 3.63) is 58.7 Å². The average Bonchev–Trinajstić information content (AvgIpc) is 3.02. The summed E-state index contributed by atoms with van der Waals surface area (Å²) >= 11 is 0. The maximum Gasteiger partial charge on any atom is 0.124 e. The van der Waals surface area contributed by atoms with E-state index < -0.39 is 0 Å². The van der Waals surface area contributed by atoms with Gasteiger partial charge in [0.1, 0.15) is 5.75 Å². The predicted molar refractivity (Wildman–Crippen MR) is 89.4 cm³/mol. The number of anilines is 1. The summed E-state index contributed by atoms with van der Waals surface area (Å²) in [6.45, 7) is 2.14. The first-order valence-electron chi connectivity index (χ1n) is 7.87. The van der Waals surface area contributed by atoms with Gasteiger partial charge < -0.3 is 15.2 Å². The highest BCUT2D eigenvalue weighted by Gasteiger charge is 2.14. The third-order valence-electron chi connectivity index (χ3n) is 4.46. The second-order valence-electron chi connectivity index (χ2n) is 5.93. The molecule has 116 valence electrons. The van der Waals surface area contributed by atoms with Crippen molar-refractivity contribution in [2.24, 2.45) is 0 Å². The van der Waals surface area contributed by atoms with E-state index >= 15 is 0 Å². The van der Waals surface area contributed by atoms with Crippen molar-refractivity contribution in [2.75, 3.05) is 12.4 Å². The molecule has 3 heteroatoms. The molecule has 2 N–H and O–H groups in total. The van der Waals surface area contributed by atoms with Gasteiger partial charge in [-0.15, -0.1) is 0 Å². The van der Waals surface area contributed by atoms with E-state index in [1.807, 2.05) is 18.2 Å². The van der Waals surface area contributed by atoms with Gasteiger partial charge in [-0.25, -0.2) is 0 Å². The number of aryl methyl sites for hydroxylation is 2. The van der Waals surface area contributed by atoms with Crippen LogP contribution in [0.15, 0.2) is 36.4 Å². The van der Waals surface area contributed by atoms with E-state index in [1.54, 1.807) is 7.11 Å². The fraction of sp³-hybridized carbons (Fsp3) is 0.368. The highest BCUT2D eigenvalue weighted by atomic mass is 16.5. The van der Waals surface area contributed by atoms with E-state index in [-0.39, 0.29) is 12.6 Å². The lowest BCUT2D eigenvalue weighted by Gasteiger charge is -2.18. The number of ether oxygens (including phenoxy) is 1. The molecule has 0 aliphatic heterocycles. The minimum atomic E-state index is -0.0219. The molecule has 0 saturated carbocycles. The van der Waals surface area contributed by atoms with Gasteiger partial charge in [-0.2, -0.15) is 0 Å². The summed E-state index contributed by atoms with van der Waals surface area (Å²) in [7, 11) is 1.62. The molecule has 0 aromatic heterocycles. The molecular formula is C19H23NO2. The molecule has 1 aliphatic rings. The fourth-order valence-electron chi connectivity index (χ4n) is 3.19. The van der Waals surface area contributed by atoms with Crippen LogP contribution in [0.5, 0.6) is 5.75 Å². The van der Waals surface area contributed by atoms with Crippen LogP contribution in [-0.4, -0.2) is 12.2 Å². The summed E-state index contributed by atoms with van der Waals surface area (Å²) in [6.07, 6.45) is 3.70. The van der Waals surface area contributed by atoms with Gasteiger partial charge in [0.15, 0.2) is 0 Å². The van der Waals surface area contributed by atoms with Gasteiger partial charge in [0.25, 0.3) is 0 Å². The number of hydrogen-bond acceptors (Lipinski definition) is 3. The van der Waals surface area contributed by atoms with Gasteiger partial charge in [0.05, 0.1) is 13.7 Å². The van der Waals surface area contributed by atoms with Gasteiger partial charge >= 0.3 is 0 Å². The van der Waals surface area contributed by atoms with Crippen LogP contribution in [0.25, 0.3) is 0 Å². The second kappa shape index (κ2) is 6.41. The summed E-state index contributed by atoms with van der Waals surface area (Å²) in [5, 5.41) is 12.9. The Kier molecular flexibility index (Phi) is 4.34. The molecule has 0 fully saturated rings. The number of benzene rings is 2. The lowest BCUT2D eigenvalue weighted by Crippen LogP contribution is -2.07. The predicted octanol–water partition coefficient (Wildman–Crippen LogP) is 3.85. The first-order chi connectivity index (χ1) is 10.7. The molecule has 2 aromatic rings. The Morgan fingerprint density at radius 1 is 1.14 bits per heavy atom. The maximum absolute atomic E-state index is 9.42. The molecule has 22 heavy (non-hydrogen) atoms. The third kappa shape index (κ3) is 2.95. The molecule has 0 bridgehead atoms. The van der Waals surface area contributed by atoms with Crippen molar-refractivity contribution in [1.29, 1.82) is 0 Å². The average molecular weight is 297 g/mol. The molecule has 1 aliphatic carbocycles. The second-order valence-corrected chi connectivity index (χ2v) is 5.93. The van der Waals surface area contributed by atoms with Crippen LogP contribution in [0.1, 0.15) is 41.6 Å². The quantitative estimate of drug-likeness (QED) is 0.881. The largest absolute Gasteiger partial charge is 0.496 e. The van der Waals surface area contributed by atoms with Crippen molar-refractivity contribution in [3.63, 3.8) is 0 Å². The van der Waals surface area contributed by atoms with Crippen LogP contribution >= 0.6 is 0 Å². The topological polar surface area (TPSA) is 41.5 Å². The summed E-state index contributed by atoms with van der Waals surface area (Å²) in [6, 6.07) is 12.9. The smallest absolute Gasteiger partial charge is 0.124 e. The van der Waals surface area contributed by atoms with Crippen LogP contribution in [0.4, 0.5) is 5.69 Å². The molecule has 3 rings (SSSR count). The first-order valence-corrected chi connectivity index (χ1v) is 7.87. The van der Waals surface area contributed by atoms with E-state index in [9.17, 15) is 5.11 Å². The van der Waals surface area contributed by atoms with Gasteiger partial charge in [-0.05, 0) is 61.1 Å². The molecule has 0 spiro atoms. The van der Waals surface area contributed by atoms with Crippen LogP contribution in [0.2, 0.25) is 0 Å². The highest BCUT2D eigenvalue weighted by molar-refractivity contribution is 5.52. The Hall–Kier alpha value is -2.00. The van der Waals surface area contributed by atoms with Crippen molar-refractivity contribution in [2.45, 2.75) is 38.8 Å². The lowest BCUT2D eigenvalue weighted by atomic mass is 10.0. The van der Waals surface area contributed by atoms with E-state index in [1.165, 1.54) is 36.0 Å². The molecule has 0 amide bonds. The van der Waals surface area contributed by atoms with Crippen LogP contribution in [0.3, 0.4) is 0 Å². The SMILES string of the molecule is COc1ccc(NC(C)c2ccc3c(c2)CCC3)cc1CO. The van der Waals surface area contributed by atoms with Crippen molar-refractivity contribution >= 4 is 5.69 Å². The molecule has 3 nitrogen and oxygen atoms in total. The zero-order valence-corrected chi connectivity index (χ0v) is 13.2. The molecule has 1 atom stereocenters. The number of nitrogens with one attached hydrogen (secondary N) is 1. The van der Waals surface area contributed by atoms with Crippen LogP contribution < -0.4 is 10.1 Å². The van der Waals surface area contributed by atoms with Gasteiger partial charge in [-0.1, -0.05) is 18.2 Å².